The van der Waals surface area contributed by atoms with Gasteiger partial charge in [0.25, 0.3) is 0 Å². The Bertz CT molecular complexity index is 567. The van der Waals surface area contributed by atoms with Gasteiger partial charge in [-0.15, -0.1) is 0 Å². The first-order chi connectivity index (χ1) is 8.63. The fourth-order valence-corrected chi connectivity index (χ4v) is 1.91. The van der Waals surface area contributed by atoms with E-state index >= 15 is 0 Å². The van der Waals surface area contributed by atoms with Crippen molar-refractivity contribution in [3.63, 3.8) is 0 Å². The molecule has 0 radical (unpaired) electrons. The molecule has 18 heavy (non-hydrogen) atoms. The molecule has 0 amide bonds. The fourth-order valence-electron chi connectivity index (χ4n) is 1.91. The van der Waals surface area contributed by atoms with Crippen LogP contribution in [0.3, 0.4) is 0 Å². The number of nitrogen functional groups attached to an aromatic ring is 1. The monoisotopic (exact) mass is 245 g/mol. The van der Waals surface area contributed by atoms with Crippen LogP contribution in [0.2, 0.25) is 0 Å². The smallest absolute Gasteiger partial charge is 0.130 e. The highest BCUT2D eigenvalue weighted by Gasteiger charge is 2.11. The maximum Gasteiger partial charge on any atom is 0.130 e. The Labute approximate surface area is 106 Å². The summed E-state index contributed by atoms with van der Waals surface area (Å²) in [5, 5.41) is 0. The van der Waals surface area contributed by atoms with Crippen molar-refractivity contribution in [2.75, 3.05) is 5.73 Å². The van der Waals surface area contributed by atoms with E-state index < -0.39 is 0 Å². The highest BCUT2D eigenvalue weighted by atomic mass is 19.1. The van der Waals surface area contributed by atoms with Crippen molar-refractivity contribution in [2.45, 2.75) is 26.7 Å². The predicted octanol–water partition coefficient (Wildman–Crippen LogP) is 3.13. The minimum Gasteiger partial charge on any atom is -0.383 e. The number of aromatic nitrogens is 2. The van der Waals surface area contributed by atoms with E-state index in [9.17, 15) is 4.39 Å². The summed E-state index contributed by atoms with van der Waals surface area (Å²) in [6, 6.07) is 5.11. The number of nitrogens with two attached hydrogens (primary N) is 1. The molecule has 0 saturated heterocycles. The fraction of sp³-hybridized carbons (Fsp3) is 0.286. The lowest BCUT2D eigenvalue weighted by Gasteiger charge is -2.10. The summed E-state index contributed by atoms with van der Waals surface area (Å²) in [5.41, 5.74) is 8.85. The normalized spacial score (nSPS) is 10.6. The molecular formula is C14H16FN3. The Kier molecular flexibility index (Phi) is 3.55. The van der Waals surface area contributed by atoms with Gasteiger partial charge in [0.05, 0.1) is 5.69 Å². The second kappa shape index (κ2) is 5.12. The van der Waals surface area contributed by atoms with Crippen LogP contribution in [0.4, 0.5) is 10.2 Å². The predicted molar refractivity (Wildman–Crippen MR) is 70.6 cm³/mol. The molecule has 0 fully saturated rings. The Balaban J connectivity index is 2.55. The van der Waals surface area contributed by atoms with Crippen molar-refractivity contribution < 1.29 is 4.39 Å². The molecule has 0 saturated carbocycles. The van der Waals surface area contributed by atoms with Gasteiger partial charge in [-0.1, -0.05) is 25.5 Å². The maximum atomic E-state index is 13.6. The van der Waals surface area contributed by atoms with Crippen LogP contribution in [0.1, 0.15) is 24.5 Å². The van der Waals surface area contributed by atoms with Crippen LogP contribution in [-0.4, -0.2) is 9.97 Å². The summed E-state index contributed by atoms with van der Waals surface area (Å²) < 4.78 is 13.6. The van der Waals surface area contributed by atoms with E-state index in [1.54, 1.807) is 13.0 Å². The van der Waals surface area contributed by atoms with Gasteiger partial charge in [-0.3, -0.25) is 0 Å². The molecule has 1 heterocycles. The molecule has 0 bridgehead atoms. The zero-order chi connectivity index (χ0) is 13.1. The third-order valence-corrected chi connectivity index (χ3v) is 2.92. The molecule has 3 nitrogen and oxygen atoms in total. The van der Waals surface area contributed by atoms with Gasteiger partial charge in [0.15, 0.2) is 0 Å². The molecule has 2 N–H and O–H groups in total. The van der Waals surface area contributed by atoms with E-state index in [1.807, 2.05) is 6.07 Å². The molecule has 0 aliphatic carbocycles. The molecule has 0 spiro atoms. The van der Waals surface area contributed by atoms with Crippen LogP contribution in [0.25, 0.3) is 11.3 Å². The molecule has 1 aromatic heterocycles. The SMILES string of the molecule is CCCc1c(N)ncnc1-c1ccc(C)c(F)c1. The zero-order valence-corrected chi connectivity index (χ0v) is 10.6. The van der Waals surface area contributed by atoms with Crippen LogP contribution in [0, 0.1) is 12.7 Å². The summed E-state index contributed by atoms with van der Waals surface area (Å²) in [7, 11) is 0. The first kappa shape index (κ1) is 12.5. The number of aryl methyl sites for hydroxylation is 1. The molecule has 2 aromatic rings. The topological polar surface area (TPSA) is 51.8 Å². The Morgan fingerprint density at radius 2 is 2.06 bits per heavy atom. The van der Waals surface area contributed by atoms with E-state index in [-0.39, 0.29) is 5.82 Å². The van der Waals surface area contributed by atoms with Crippen molar-refractivity contribution in [3.8, 4) is 11.3 Å². The van der Waals surface area contributed by atoms with E-state index in [4.69, 9.17) is 5.73 Å². The Morgan fingerprint density at radius 1 is 1.28 bits per heavy atom. The van der Waals surface area contributed by atoms with Gasteiger partial charge in [0, 0.05) is 11.1 Å². The average molecular weight is 245 g/mol. The standard InChI is InChI=1S/C14H16FN3/c1-3-4-11-13(17-8-18-14(11)16)10-6-5-9(2)12(15)7-10/h5-8H,3-4H2,1-2H3,(H2,16,17,18). The summed E-state index contributed by atoms with van der Waals surface area (Å²) in [6.07, 6.45) is 3.15. The van der Waals surface area contributed by atoms with E-state index in [1.165, 1.54) is 12.4 Å². The Hall–Kier alpha value is -1.97. The maximum absolute atomic E-state index is 13.6. The summed E-state index contributed by atoms with van der Waals surface area (Å²) in [4.78, 5) is 8.24. The third-order valence-electron chi connectivity index (χ3n) is 2.92. The van der Waals surface area contributed by atoms with Gasteiger partial charge in [-0.2, -0.15) is 0 Å². The first-order valence-electron chi connectivity index (χ1n) is 5.99. The molecule has 2 rings (SSSR count). The number of benzene rings is 1. The van der Waals surface area contributed by atoms with Crippen LogP contribution in [0.5, 0.6) is 0 Å². The minimum atomic E-state index is -0.230. The largest absolute Gasteiger partial charge is 0.383 e. The molecule has 94 valence electrons. The van der Waals surface area contributed by atoms with Crippen molar-refractivity contribution in [3.05, 3.63) is 41.5 Å². The van der Waals surface area contributed by atoms with Gasteiger partial charge in [0.1, 0.15) is 18.0 Å². The third kappa shape index (κ3) is 2.32. The highest BCUT2D eigenvalue weighted by Crippen LogP contribution is 2.26. The van der Waals surface area contributed by atoms with Gasteiger partial charge in [0.2, 0.25) is 0 Å². The number of nitrogens with zero attached hydrogens (tertiary/aromatic N) is 2. The number of rotatable bonds is 3. The van der Waals surface area contributed by atoms with Gasteiger partial charge < -0.3 is 5.73 Å². The van der Waals surface area contributed by atoms with Crippen LogP contribution >= 0.6 is 0 Å². The van der Waals surface area contributed by atoms with Gasteiger partial charge >= 0.3 is 0 Å². The van der Waals surface area contributed by atoms with Crippen molar-refractivity contribution >= 4 is 5.82 Å². The average Bonchev–Trinajstić information content (AvgIpc) is 2.35. The lowest BCUT2D eigenvalue weighted by Crippen LogP contribution is -2.02. The lowest BCUT2D eigenvalue weighted by molar-refractivity contribution is 0.619. The van der Waals surface area contributed by atoms with E-state index in [0.29, 0.717) is 11.4 Å². The number of hydrogen-bond donors (Lipinski definition) is 1. The molecule has 1 aromatic carbocycles. The van der Waals surface area contributed by atoms with Gasteiger partial charge in [-0.25, -0.2) is 14.4 Å². The van der Waals surface area contributed by atoms with Crippen molar-refractivity contribution in [2.24, 2.45) is 0 Å². The zero-order valence-electron chi connectivity index (χ0n) is 10.6. The number of halogens is 1. The second-order valence-electron chi connectivity index (χ2n) is 4.30. The molecule has 0 aliphatic heterocycles. The van der Waals surface area contributed by atoms with Gasteiger partial charge in [-0.05, 0) is 25.0 Å². The van der Waals surface area contributed by atoms with Crippen LogP contribution in [-0.2, 0) is 6.42 Å². The van der Waals surface area contributed by atoms with Crippen LogP contribution < -0.4 is 5.73 Å². The molecule has 0 atom stereocenters. The molecule has 0 unspecified atom stereocenters. The first-order valence-corrected chi connectivity index (χ1v) is 5.99. The molecular weight excluding hydrogens is 229 g/mol. The van der Waals surface area contributed by atoms with Crippen molar-refractivity contribution in [1.82, 2.24) is 9.97 Å². The molecule has 4 heteroatoms. The quantitative estimate of drug-likeness (QED) is 0.903. The lowest BCUT2D eigenvalue weighted by atomic mass is 10.0. The van der Waals surface area contributed by atoms with Crippen LogP contribution in [0.15, 0.2) is 24.5 Å². The Morgan fingerprint density at radius 3 is 2.72 bits per heavy atom. The van der Waals surface area contributed by atoms with E-state index in [2.05, 4.69) is 16.9 Å². The highest BCUT2D eigenvalue weighted by molar-refractivity contribution is 5.67. The second-order valence-corrected chi connectivity index (χ2v) is 4.30. The summed E-state index contributed by atoms with van der Waals surface area (Å²) >= 11 is 0. The molecule has 0 aliphatic rings. The number of hydrogen-bond acceptors (Lipinski definition) is 3. The summed E-state index contributed by atoms with van der Waals surface area (Å²) in [5.74, 6) is 0.245. The number of anilines is 1. The van der Waals surface area contributed by atoms with Crippen molar-refractivity contribution in [1.29, 1.82) is 0 Å². The summed E-state index contributed by atoms with van der Waals surface area (Å²) in [6.45, 7) is 3.80. The minimum absolute atomic E-state index is 0.230. The van der Waals surface area contributed by atoms with E-state index in [0.717, 1.165) is 29.7 Å².